The minimum atomic E-state index is -4.35. The van der Waals surface area contributed by atoms with Gasteiger partial charge in [0.25, 0.3) is 0 Å². The summed E-state index contributed by atoms with van der Waals surface area (Å²) < 4.78 is 38.6. The Morgan fingerprint density at radius 1 is 1.39 bits per heavy atom. The molecule has 0 heterocycles. The Balaban J connectivity index is 2.12. The van der Waals surface area contributed by atoms with Crippen molar-refractivity contribution in [2.24, 2.45) is 0 Å². The van der Waals surface area contributed by atoms with E-state index < -0.39 is 11.7 Å². The third-order valence-corrected chi connectivity index (χ3v) is 4.11. The Bertz CT molecular complexity index is 541. The fraction of sp³-hybridized carbons (Fsp3) is 0.588. The summed E-state index contributed by atoms with van der Waals surface area (Å²) >= 11 is 0. The molecule has 0 saturated heterocycles. The maximum absolute atomic E-state index is 12.9. The molecule has 1 unspecified atom stereocenters. The molecule has 1 saturated carbocycles. The first-order chi connectivity index (χ1) is 10.8. The normalized spacial score (nSPS) is 16.4. The quantitative estimate of drug-likeness (QED) is 0.826. The van der Waals surface area contributed by atoms with Gasteiger partial charge in [0.05, 0.1) is 12.1 Å². The molecule has 3 nitrogen and oxygen atoms in total. The van der Waals surface area contributed by atoms with Crippen LogP contribution in [0.4, 0.5) is 13.2 Å². The largest absolute Gasteiger partial charge is 0.416 e. The number of benzene rings is 1. The van der Waals surface area contributed by atoms with Gasteiger partial charge in [-0.05, 0) is 43.9 Å². The van der Waals surface area contributed by atoms with E-state index in [-0.39, 0.29) is 24.5 Å². The minimum absolute atomic E-state index is 0.0717. The second-order valence-electron chi connectivity index (χ2n) is 6.05. The van der Waals surface area contributed by atoms with Gasteiger partial charge in [-0.1, -0.05) is 19.1 Å². The number of carbonyl (C=O) groups excluding carboxylic acids is 1. The van der Waals surface area contributed by atoms with Gasteiger partial charge in [0, 0.05) is 18.6 Å². The van der Waals surface area contributed by atoms with Gasteiger partial charge in [0.2, 0.25) is 5.91 Å². The lowest BCUT2D eigenvalue weighted by Crippen LogP contribution is -2.40. The van der Waals surface area contributed by atoms with Gasteiger partial charge in [-0.3, -0.25) is 9.69 Å². The van der Waals surface area contributed by atoms with E-state index in [1.807, 2.05) is 18.7 Å². The van der Waals surface area contributed by atoms with Crippen LogP contribution in [0.3, 0.4) is 0 Å². The van der Waals surface area contributed by atoms with Crippen LogP contribution in [-0.4, -0.2) is 29.9 Å². The molecule has 1 amide bonds. The number of nitrogens with one attached hydrogen (secondary N) is 1. The second kappa shape index (κ2) is 7.34. The molecule has 1 N–H and O–H groups in total. The van der Waals surface area contributed by atoms with Crippen LogP contribution in [0.5, 0.6) is 0 Å². The molecule has 1 aromatic rings. The molecule has 23 heavy (non-hydrogen) atoms. The molecule has 0 aliphatic heterocycles. The van der Waals surface area contributed by atoms with Crippen molar-refractivity contribution in [2.75, 3.05) is 13.1 Å². The zero-order valence-electron chi connectivity index (χ0n) is 13.5. The number of rotatable bonds is 7. The monoisotopic (exact) mass is 328 g/mol. The maximum atomic E-state index is 12.9. The van der Waals surface area contributed by atoms with E-state index in [2.05, 4.69) is 5.32 Å². The number of hydrogen-bond acceptors (Lipinski definition) is 2. The Morgan fingerprint density at radius 3 is 2.65 bits per heavy atom. The van der Waals surface area contributed by atoms with Gasteiger partial charge in [0.15, 0.2) is 0 Å². The molecule has 6 heteroatoms. The number of hydrogen-bond donors (Lipinski definition) is 1. The molecule has 1 aromatic carbocycles. The lowest BCUT2D eigenvalue weighted by molar-refractivity contribution is -0.137. The standard InChI is InChI=1S/C17H23F3N2O/c1-3-9-21-16(23)11-22(15-7-8-15)12(2)13-5-4-6-14(10-13)17(18,19)20/h4-6,10,12,15H,3,7-9,11H2,1-2H3,(H,21,23). The first-order valence-electron chi connectivity index (χ1n) is 8.02. The SMILES string of the molecule is CCCNC(=O)CN(C1CC1)C(C)c1cccc(C(F)(F)F)c1. The van der Waals surface area contributed by atoms with Crippen molar-refractivity contribution in [3.63, 3.8) is 0 Å². The van der Waals surface area contributed by atoms with Crippen LogP contribution < -0.4 is 5.32 Å². The molecular formula is C17H23F3N2O. The van der Waals surface area contributed by atoms with Gasteiger partial charge in [-0.2, -0.15) is 13.2 Å². The fourth-order valence-electron chi connectivity index (χ4n) is 2.64. The highest BCUT2D eigenvalue weighted by atomic mass is 19.4. The van der Waals surface area contributed by atoms with Crippen molar-refractivity contribution >= 4 is 5.91 Å². The number of amides is 1. The van der Waals surface area contributed by atoms with Crippen molar-refractivity contribution in [3.05, 3.63) is 35.4 Å². The van der Waals surface area contributed by atoms with E-state index in [1.54, 1.807) is 6.07 Å². The Morgan fingerprint density at radius 2 is 2.09 bits per heavy atom. The van der Waals surface area contributed by atoms with Crippen molar-refractivity contribution in [3.8, 4) is 0 Å². The van der Waals surface area contributed by atoms with E-state index in [1.165, 1.54) is 12.1 Å². The third-order valence-electron chi connectivity index (χ3n) is 4.11. The fourth-order valence-corrected chi connectivity index (χ4v) is 2.64. The highest BCUT2D eigenvalue weighted by Crippen LogP contribution is 2.36. The Labute approximate surface area is 134 Å². The summed E-state index contributed by atoms with van der Waals surface area (Å²) in [6, 6.07) is 5.44. The molecule has 2 rings (SSSR count). The number of alkyl halides is 3. The van der Waals surface area contributed by atoms with Crippen molar-refractivity contribution in [1.29, 1.82) is 0 Å². The predicted octanol–water partition coefficient (Wildman–Crippen LogP) is 3.76. The summed E-state index contributed by atoms with van der Waals surface area (Å²) in [5.74, 6) is -0.0717. The molecule has 0 spiro atoms. The zero-order valence-corrected chi connectivity index (χ0v) is 13.5. The van der Waals surface area contributed by atoms with Crippen molar-refractivity contribution in [2.45, 2.75) is 51.4 Å². The molecule has 1 atom stereocenters. The lowest BCUT2D eigenvalue weighted by Gasteiger charge is -2.29. The van der Waals surface area contributed by atoms with Crippen LogP contribution in [-0.2, 0) is 11.0 Å². The van der Waals surface area contributed by atoms with Crippen molar-refractivity contribution in [1.82, 2.24) is 10.2 Å². The van der Waals surface area contributed by atoms with Gasteiger partial charge in [-0.25, -0.2) is 0 Å². The highest BCUT2D eigenvalue weighted by molar-refractivity contribution is 5.78. The van der Waals surface area contributed by atoms with Crippen LogP contribution in [0.2, 0.25) is 0 Å². The minimum Gasteiger partial charge on any atom is -0.355 e. The molecule has 0 aromatic heterocycles. The number of carbonyl (C=O) groups is 1. The Kier molecular flexibility index (Phi) is 5.68. The van der Waals surface area contributed by atoms with Gasteiger partial charge >= 0.3 is 6.18 Å². The lowest BCUT2D eigenvalue weighted by atomic mass is 10.0. The van der Waals surface area contributed by atoms with E-state index in [9.17, 15) is 18.0 Å². The van der Waals surface area contributed by atoms with Crippen LogP contribution in [0.15, 0.2) is 24.3 Å². The zero-order chi connectivity index (χ0) is 17.0. The van der Waals surface area contributed by atoms with E-state index in [0.717, 1.165) is 25.3 Å². The summed E-state index contributed by atoms with van der Waals surface area (Å²) in [7, 11) is 0. The van der Waals surface area contributed by atoms with Crippen LogP contribution in [0.1, 0.15) is 50.3 Å². The summed E-state index contributed by atoms with van der Waals surface area (Å²) in [6.07, 6.45) is -1.51. The Hall–Kier alpha value is -1.56. The predicted molar refractivity (Wildman–Crippen MR) is 82.9 cm³/mol. The molecule has 0 radical (unpaired) electrons. The second-order valence-corrected chi connectivity index (χ2v) is 6.05. The van der Waals surface area contributed by atoms with Crippen LogP contribution >= 0.6 is 0 Å². The van der Waals surface area contributed by atoms with Crippen LogP contribution in [0, 0.1) is 0 Å². The molecule has 0 bridgehead atoms. The molecule has 1 aliphatic rings. The molecule has 1 aliphatic carbocycles. The third kappa shape index (κ3) is 4.96. The first-order valence-corrected chi connectivity index (χ1v) is 8.02. The topological polar surface area (TPSA) is 32.3 Å². The van der Waals surface area contributed by atoms with Gasteiger partial charge in [-0.15, -0.1) is 0 Å². The molecule has 128 valence electrons. The van der Waals surface area contributed by atoms with Gasteiger partial charge < -0.3 is 5.32 Å². The van der Waals surface area contributed by atoms with Crippen molar-refractivity contribution < 1.29 is 18.0 Å². The van der Waals surface area contributed by atoms with E-state index in [4.69, 9.17) is 0 Å². The van der Waals surface area contributed by atoms with E-state index >= 15 is 0 Å². The summed E-state index contributed by atoms with van der Waals surface area (Å²) in [6.45, 7) is 4.68. The smallest absolute Gasteiger partial charge is 0.355 e. The van der Waals surface area contributed by atoms with Gasteiger partial charge in [0.1, 0.15) is 0 Å². The van der Waals surface area contributed by atoms with E-state index in [0.29, 0.717) is 12.1 Å². The number of halogens is 3. The molecule has 1 fully saturated rings. The summed E-state index contributed by atoms with van der Waals surface area (Å²) in [5.41, 5.74) is -0.0527. The maximum Gasteiger partial charge on any atom is 0.416 e. The average Bonchev–Trinajstić information content (AvgIpc) is 3.34. The summed E-state index contributed by atoms with van der Waals surface area (Å²) in [5, 5.41) is 2.83. The highest BCUT2D eigenvalue weighted by Gasteiger charge is 2.35. The number of nitrogens with zero attached hydrogens (tertiary/aromatic N) is 1. The average molecular weight is 328 g/mol. The molecular weight excluding hydrogens is 305 g/mol. The van der Waals surface area contributed by atoms with Crippen LogP contribution in [0.25, 0.3) is 0 Å². The first kappa shape index (κ1) is 17.8. The summed E-state index contributed by atoms with van der Waals surface area (Å²) in [4.78, 5) is 14.0.